The zero-order valence-electron chi connectivity index (χ0n) is 12.4. The largest absolute Gasteiger partial charge is 0.352 e. The molecule has 0 radical (unpaired) electrons. The number of rotatable bonds is 3. The Kier molecular flexibility index (Phi) is 5.22. The molecular formula is C15H29N3O. The van der Waals surface area contributed by atoms with Gasteiger partial charge in [-0.2, -0.15) is 0 Å². The molecule has 0 aromatic carbocycles. The van der Waals surface area contributed by atoms with Gasteiger partial charge in [0, 0.05) is 18.6 Å². The normalized spacial score (nSPS) is 37.0. The summed E-state index contributed by atoms with van der Waals surface area (Å²) in [5, 5.41) is 3.24. The van der Waals surface area contributed by atoms with Crippen molar-refractivity contribution < 1.29 is 4.79 Å². The van der Waals surface area contributed by atoms with Gasteiger partial charge in [-0.1, -0.05) is 26.7 Å². The third-order valence-corrected chi connectivity index (χ3v) is 4.96. The lowest BCUT2D eigenvalue weighted by atomic mass is 9.78. The van der Waals surface area contributed by atoms with E-state index in [0.29, 0.717) is 18.5 Å². The van der Waals surface area contributed by atoms with Gasteiger partial charge >= 0.3 is 0 Å². The zero-order valence-corrected chi connectivity index (χ0v) is 12.4. The molecule has 2 aliphatic rings. The molecule has 0 aromatic rings. The summed E-state index contributed by atoms with van der Waals surface area (Å²) < 4.78 is 0. The zero-order chi connectivity index (χ0) is 13.8. The maximum Gasteiger partial charge on any atom is 0.234 e. The van der Waals surface area contributed by atoms with Crippen LogP contribution in [0.15, 0.2) is 0 Å². The Morgan fingerprint density at radius 3 is 2.79 bits per heavy atom. The topological polar surface area (TPSA) is 58.4 Å². The van der Waals surface area contributed by atoms with Gasteiger partial charge in [0.25, 0.3) is 0 Å². The minimum atomic E-state index is 0.181. The Bertz CT molecular complexity index is 308. The molecule has 1 heterocycles. The monoisotopic (exact) mass is 267 g/mol. The van der Waals surface area contributed by atoms with Crippen molar-refractivity contribution in [2.24, 2.45) is 17.6 Å². The van der Waals surface area contributed by atoms with Crippen LogP contribution in [0.4, 0.5) is 0 Å². The molecule has 19 heavy (non-hydrogen) atoms. The van der Waals surface area contributed by atoms with Gasteiger partial charge in [0.15, 0.2) is 0 Å². The summed E-state index contributed by atoms with van der Waals surface area (Å²) >= 11 is 0. The molecule has 1 saturated carbocycles. The van der Waals surface area contributed by atoms with Crippen molar-refractivity contribution in [1.82, 2.24) is 10.2 Å². The van der Waals surface area contributed by atoms with Crippen molar-refractivity contribution >= 4 is 5.91 Å². The third-order valence-electron chi connectivity index (χ3n) is 4.96. The number of hydrogen-bond donors (Lipinski definition) is 2. The molecule has 2 rings (SSSR count). The molecule has 2 fully saturated rings. The van der Waals surface area contributed by atoms with E-state index in [1.165, 1.54) is 12.8 Å². The molecule has 4 nitrogen and oxygen atoms in total. The highest BCUT2D eigenvalue weighted by atomic mass is 16.2. The van der Waals surface area contributed by atoms with Crippen molar-refractivity contribution in [3.63, 3.8) is 0 Å². The fourth-order valence-electron chi connectivity index (χ4n) is 3.48. The molecule has 0 bridgehead atoms. The first-order chi connectivity index (χ1) is 9.06. The summed E-state index contributed by atoms with van der Waals surface area (Å²) in [5.41, 5.74) is 5.95. The van der Waals surface area contributed by atoms with Crippen LogP contribution in [0.3, 0.4) is 0 Å². The Labute approximate surface area is 117 Å². The lowest BCUT2D eigenvalue weighted by molar-refractivity contribution is -0.124. The van der Waals surface area contributed by atoms with Crippen LogP contribution in [-0.2, 0) is 4.79 Å². The quantitative estimate of drug-likeness (QED) is 0.811. The highest BCUT2D eigenvalue weighted by Gasteiger charge is 2.28. The van der Waals surface area contributed by atoms with Crippen molar-refractivity contribution in [3.05, 3.63) is 0 Å². The molecule has 4 heteroatoms. The van der Waals surface area contributed by atoms with E-state index in [0.717, 1.165) is 38.3 Å². The lowest BCUT2D eigenvalue weighted by Crippen LogP contribution is -2.50. The number of nitrogens with one attached hydrogen (secondary N) is 1. The van der Waals surface area contributed by atoms with Gasteiger partial charge in [0.05, 0.1) is 6.54 Å². The maximum atomic E-state index is 12.1. The van der Waals surface area contributed by atoms with E-state index in [9.17, 15) is 4.79 Å². The van der Waals surface area contributed by atoms with Crippen LogP contribution in [0.5, 0.6) is 0 Å². The molecule has 1 aliphatic heterocycles. The number of likely N-dealkylation sites (tertiary alicyclic amines) is 1. The summed E-state index contributed by atoms with van der Waals surface area (Å²) in [4.78, 5) is 14.3. The van der Waals surface area contributed by atoms with E-state index in [1.807, 2.05) is 0 Å². The predicted octanol–water partition coefficient (Wildman–Crippen LogP) is 1.35. The summed E-state index contributed by atoms with van der Waals surface area (Å²) in [6.45, 7) is 6.96. The van der Waals surface area contributed by atoms with Crippen LogP contribution in [0, 0.1) is 11.8 Å². The van der Waals surface area contributed by atoms with Crippen molar-refractivity contribution in [3.8, 4) is 0 Å². The van der Waals surface area contributed by atoms with Gasteiger partial charge in [-0.15, -0.1) is 0 Å². The smallest absolute Gasteiger partial charge is 0.234 e. The van der Waals surface area contributed by atoms with Gasteiger partial charge in [0.1, 0.15) is 0 Å². The first-order valence-electron chi connectivity index (χ1n) is 7.83. The third kappa shape index (κ3) is 4.18. The second-order valence-corrected chi connectivity index (χ2v) is 6.58. The molecular weight excluding hydrogens is 238 g/mol. The molecule has 0 spiro atoms. The summed E-state index contributed by atoms with van der Waals surface area (Å²) in [6.07, 6.45) is 5.89. The molecule has 4 atom stereocenters. The van der Waals surface area contributed by atoms with Crippen molar-refractivity contribution in [2.45, 2.75) is 58.0 Å². The number of hydrogen-bond acceptors (Lipinski definition) is 3. The van der Waals surface area contributed by atoms with Crippen molar-refractivity contribution in [1.29, 1.82) is 0 Å². The molecule has 1 amide bonds. The molecule has 1 aliphatic carbocycles. The standard InChI is InChI=1S/C15H29N3O/c1-11-5-3-7-14(12(11)2)17-15(19)10-18-8-4-6-13(16)9-18/h11-14H,3-10,16H2,1-2H3,(H,17,19). The molecule has 1 saturated heterocycles. The first-order valence-corrected chi connectivity index (χ1v) is 7.83. The van der Waals surface area contributed by atoms with Gasteiger partial charge in [-0.3, -0.25) is 9.69 Å². The molecule has 0 aromatic heterocycles. The second kappa shape index (κ2) is 6.71. The van der Waals surface area contributed by atoms with E-state index >= 15 is 0 Å². The van der Waals surface area contributed by atoms with Gasteiger partial charge in [-0.25, -0.2) is 0 Å². The van der Waals surface area contributed by atoms with Crippen LogP contribution in [-0.4, -0.2) is 42.5 Å². The van der Waals surface area contributed by atoms with E-state index in [2.05, 4.69) is 24.1 Å². The molecule has 3 N–H and O–H groups in total. The lowest BCUT2D eigenvalue weighted by Gasteiger charge is -2.36. The fraction of sp³-hybridized carbons (Fsp3) is 0.933. The maximum absolute atomic E-state index is 12.1. The Morgan fingerprint density at radius 2 is 2.05 bits per heavy atom. The van der Waals surface area contributed by atoms with Crippen LogP contribution in [0.1, 0.15) is 46.0 Å². The molecule has 110 valence electrons. The van der Waals surface area contributed by atoms with Gasteiger partial charge in [0.2, 0.25) is 5.91 Å². The molecule has 4 unspecified atom stereocenters. The van der Waals surface area contributed by atoms with Crippen molar-refractivity contribution in [2.75, 3.05) is 19.6 Å². The Morgan fingerprint density at radius 1 is 1.26 bits per heavy atom. The van der Waals surface area contributed by atoms with Gasteiger partial charge in [-0.05, 0) is 37.6 Å². The van der Waals surface area contributed by atoms with E-state index in [1.54, 1.807) is 0 Å². The number of nitrogens with zero attached hydrogens (tertiary/aromatic N) is 1. The number of carbonyl (C=O) groups excluding carboxylic acids is 1. The van der Waals surface area contributed by atoms with E-state index in [4.69, 9.17) is 5.73 Å². The predicted molar refractivity (Wildman–Crippen MR) is 77.8 cm³/mol. The second-order valence-electron chi connectivity index (χ2n) is 6.58. The average molecular weight is 267 g/mol. The highest BCUT2D eigenvalue weighted by Crippen LogP contribution is 2.29. The SMILES string of the molecule is CC1CCCC(NC(=O)CN2CCCC(N)C2)C1C. The first kappa shape index (κ1) is 14.8. The van der Waals surface area contributed by atoms with Gasteiger partial charge < -0.3 is 11.1 Å². The number of nitrogens with two attached hydrogens (primary N) is 1. The van der Waals surface area contributed by atoms with Crippen LogP contribution < -0.4 is 11.1 Å². The van der Waals surface area contributed by atoms with E-state index in [-0.39, 0.29) is 11.9 Å². The average Bonchev–Trinajstić information content (AvgIpc) is 2.35. The number of carbonyl (C=O) groups is 1. The van der Waals surface area contributed by atoms with Crippen LogP contribution in [0.25, 0.3) is 0 Å². The highest BCUT2D eigenvalue weighted by molar-refractivity contribution is 5.78. The Balaban J connectivity index is 1.77. The minimum absolute atomic E-state index is 0.181. The summed E-state index contributed by atoms with van der Waals surface area (Å²) in [7, 11) is 0. The summed E-state index contributed by atoms with van der Waals surface area (Å²) in [5.74, 6) is 1.50. The summed E-state index contributed by atoms with van der Waals surface area (Å²) in [6, 6.07) is 0.616. The Hall–Kier alpha value is -0.610. The van der Waals surface area contributed by atoms with E-state index < -0.39 is 0 Å². The minimum Gasteiger partial charge on any atom is -0.352 e. The fourth-order valence-corrected chi connectivity index (χ4v) is 3.48. The number of piperidine rings is 1. The van der Waals surface area contributed by atoms with Crippen LogP contribution >= 0.6 is 0 Å². The van der Waals surface area contributed by atoms with Crippen LogP contribution in [0.2, 0.25) is 0 Å². The number of amides is 1.